The third-order valence-electron chi connectivity index (χ3n) is 2.69. The van der Waals surface area contributed by atoms with Gasteiger partial charge in [0.15, 0.2) is 0 Å². The SMILES string of the molecule is CCC(O)CCc1cc([N+](=O)[O-])ccc1OC. The summed E-state index contributed by atoms with van der Waals surface area (Å²) >= 11 is 0. The van der Waals surface area contributed by atoms with Gasteiger partial charge < -0.3 is 9.84 Å². The second kappa shape index (κ2) is 6.20. The van der Waals surface area contributed by atoms with Crippen molar-refractivity contribution in [3.63, 3.8) is 0 Å². The summed E-state index contributed by atoms with van der Waals surface area (Å²) in [5, 5.41) is 20.1. The van der Waals surface area contributed by atoms with Crippen molar-refractivity contribution in [2.75, 3.05) is 7.11 Å². The number of hydrogen-bond acceptors (Lipinski definition) is 4. The first-order valence-electron chi connectivity index (χ1n) is 5.57. The molecule has 0 aromatic heterocycles. The molecule has 0 bridgehead atoms. The summed E-state index contributed by atoms with van der Waals surface area (Å²) in [6.45, 7) is 1.90. The number of aliphatic hydroxyl groups is 1. The number of ether oxygens (including phenoxy) is 1. The number of non-ortho nitro benzene ring substituents is 1. The summed E-state index contributed by atoms with van der Waals surface area (Å²) in [6, 6.07) is 4.51. The van der Waals surface area contributed by atoms with Gasteiger partial charge in [0.05, 0.1) is 18.1 Å². The Balaban J connectivity index is 2.86. The second-order valence-corrected chi connectivity index (χ2v) is 3.85. The average Bonchev–Trinajstić information content (AvgIpc) is 2.35. The predicted molar refractivity (Wildman–Crippen MR) is 64.3 cm³/mol. The van der Waals surface area contributed by atoms with Crippen molar-refractivity contribution in [3.8, 4) is 5.75 Å². The lowest BCUT2D eigenvalue weighted by atomic mass is 10.0. The van der Waals surface area contributed by atoms with Crippen LogP contribution in [0.2, 0.25) is 0 Å². The van der Waals surface area contributed by atoms with E-state index in [2.05, 4.69) is 0 Å². The van der Waals surface area contributed by atoms with E-state index in [-0.39, 0.29) is 11.8 Å². The van der Waals surface area contributed by atoms with E-state index in [0.29, 0.717) is 25.0 Å². The molecule has 1 rings (SSSR count). The molecule has 0 spiro atoms. The van der Waals surface area contributed by atoms with Crippen LogP contribution in [0.25, 0.3) is 0 Å². The molecule has 0 aliphatic heterocycles. The topological polar surface area (TPSA) is 72.6 Å². The molecular formula is C12H17NO4. The highest BCUT2D eigenvalue weighted by molar-refractivity contribution is 5.43. The van der Waals surface area contributed by atoms with Crippen LogP contribution < -0.4 is 4.74 Å². The molecule has 0 fully saturated rings. The van der Waals surface area contributed by atoms with E-state index < -0.39 is 4.92 Å². The lowest BCUT2D eigenvalue weighted by Gasteiger charge is -2.10. The van der Waals surface area contributed by atoms with Gasteiger partial charge >= 0.3 is 0 Å². The van der Waals surface area contributed by atoms with Gasteiger partial charge in [-0.25, -0.2) is 0 Å². The number of nitro groups is 1. The molecule has 1 atom stereocenters. The van der Waals surface area contributed by atoms with Gasteiger partial charge in [-0.05, 0) is 25.3 Å². The summed E-state index contributed by atoms with van der Waals surface area (Å²) in [7, 11) is 1.53. The molecule has 0 aliphatic rings. The molecule has 0 amide bonds. The lowest BCUT2D eigenvalue weighted by Crippen LogP contribution is -2.06. The minimum absolute atomic E-state index is 0.0480. The van der Waals surface area contributed by atoms with Gasteiger partial charge in [0.1, 0.15) is 5.75 Å². The molecule has 5 nitrogen and oxygen atoms in total. The number of nitrogens with zero attached hydrogens (tertiary/aromatic N) is 1. The fourth-order valence-corrected chi connectivity index (χ4v) is 1.60. The molecule has 5 heteroatoms. The third kappa shape index (κ3) is 3.71. The van der Waals surface area contributed by atoms with Crippen LogP contribution in [0.3, 0.4) is 0 Å². The number of methoxy groups -OCH3 is 1. The zero-order valence-electron chi connectivity index (χ0n) is 10.0. The Kier molecular flexibility index (Phi) is 4.90. The maximum atomic E-state index is 10.7. The molecule has 1 N–H and O–H groups in total. The summed E-state index contributed by atoms with van der Waals surface area (Å²) in [4.78, 5) is 10.2. The molecule has 0 heterocycles. The largest absolute Gasteiger partial charge is 0.496 e. The minimum Gasteiger partial charge on any atom is -0.496 e. The number of nitro benzene ring substituents is 1. The number of hydrogen-bond donors (Lipinski definition) is 1. The van der Waals surface area contributed by atoms with Crippen LogP contribution in [0.1, 0.15) is 25.3 Å². The van der Waals surface area contributed by atoms with E-state index in [1.165, 1.54) is 19.2 Å². The predicted octanol–water partition coefficient (Wildman–Crippen LogP) is 2.31. The Labute approximate surface area is 100 Å². The first-order chi connectivity index (χ1) is 8.08. The van der Waals surface area contributed by atoms with E-state index in [0.717, 1.165) is 5.56 Å². The Morgan fingerprint density at radius 2 is 2.24 bits per heavy atom. The molecule has 0 aliphatic carbocycles. The van der Waals surface area contributed by atoms with Crippen LogP contribution in [0.15, 0.2) is 18.2 Å². The van der Waals surface area contributed by atoms with Crippen molar-refractivity contribution >= 4 is 5.69 Å². The van der Waals surface area contributed by atoms with Crippen LogP contribution >= 0.6 is 0 Å². The molecule has 1 unspecified atom stereocenters. The highest BCUT2D eigenvalue weighted by Crippen LogP contribution is 2.25. The second-order valence-electron chi connectivity index (χ2n) is 3.85. The Hall–Kier alpha value is -1.62. The van der Waals surface area contributed by atoms with Crippen LogP contribution in [-0.4, -0.2) is 23.2 Å². The van der Waals surface area contributed by atoms with Gasteiger partial charge in [0.25, 0.3) is 5.69 Å². The molecule has 0 saturated heterocycles. The summed E-state index contributed by atoms with van der Waals surface area (Å²) in [5.41, 5.74) is 0.806. The van der Waals surface area contributed by atoms with Crippen LogP contribution in [0.5, 0.6) is 5.75 Å². The average molecular weight is 239 g/mol. The molecule has 17 heavy (non-hydrogen) atoms. The van der Waals surface area contributed by atoms with Crippen molar-refractivity contribution in [2.45, 2.75) is 32.3 Å². The quantitative estimate of drug-likeness (QED) is 0.610. The highest BCUT2D eigenvalue weighted by Gasteiger charge is 2.12. The normalized spacial score (nSPS) is 12.2. The maximum absolute atomic E-state index is 10.7. The number of benzene rings is 1. The van der Waals surface area contributed by atoms with Crippen LogP contribution in [0.4, 0.5) is 5.69 Å². The monoisotopic (exact) mass is 239 g/mol. The minimum atomic E-state index is -0.431. The molecular weight excluding hydrogens is 222 g/mol. The zero-order chi connectivity index (χ0) is 12.8. The molecule has 0 saturated carbocycles. The van der Waals surface area contributed by atoms with Crippen molar-refractivity contribution in [1.29, 1.82) is 0 Å². The summed E-state index contributed by atoms with van der Waals surface area (Å²) in [5.74, 6) is 0.624. The fourth-order valence-electron chi connectivity index (χ4n) is 1.60. The Morgan fingerprint density at radius 1 is 1.53 bits per heavy atom. The van der Waals surface area contributed by atoms with Crippen LogP contribution in [0, 0.1) is 10.1 Å². The van der Waals surface area contributed by atoms with Crippen molar-refractivity contribution in [3.05, 3.63) is 33.9 Å². The summed E-state index contributed by atoms with van der Waals surface area (Å²) in [6.07, 6.45) is 1.45. The van der Waals surface area contributed by atoms with Crippen molar-refractivity contribution < 1.29 is 14.8 Å². The highest BCUT2D eigenvalue weighted by atomic mass is 16.6. The first kappa shape index (κ1) is 13.4. The van der Waals surface area contributed by atoms with Gasteiger partial charge in [0, 0.05) is 17.7 Å². The van der Waals surface area contributed by atoms with Crippen LogP contribution in [-0.2, 0) is 6.42 Å². The van der Waals surface area contributed by atoms with Crippen molar-refractivity contribution in [1.82, 2.24) is 0 Å². The number of rotatable bonds is 6. The van der Waals surface area contributed by atoms with Gasteiger partial charge in [-0.2, -0.15) is 0 Å². The lowest BCUT2D eigenvalue weighted by molar-refractivity contribution is -0.384. The van der Waals surface area contributed by atoms with E-state index in [1.807, 2.05) is 6.92 Å². The molecule has 94 valence electrons. The molecule has 0 radical (unpaired) electrons. The van der Waals surface area contributed by atoms with E-state index in [9.17, 15) is 15.2 Å². The van der Waals surface area contributed by atoms with E-state index >= 15 is 0 Å². The third-order valence-corrected chi connectivity index (χ3v) is 2.69. The van der Waals surface area contributed by atoms with Gasteiger partial charge in [0.2, 0.25) is 0 Å². The Morgan fingerprint density at radius 3 is 2.76 bits per heavy atom. The maximum Gasteiger partial charge on any atom is 0.269 e. The summed E-state index contributed by atoms with van der Waals surface area (Å²) < 4.78 is 5.14. The van der Waals surface area contributed by atoms with E-state index in [4.69, 9.17) is 4.74 Å². The van der Waals surface area contributed by atoms with Gasteiger partial charge in [-0.1, -0.05) is 6.92 Å². The number of aryl methyl sites for hydroxylation is 1. The van der Waals surface area contributed by atoms with E-state index in [1.54, 1.807) is 6.07 Å². The first-order valence-corrected chi connectivity index (χ1v) is 5.57. The Bertz CT molecular complexity index is 392. The zero-order valence-corrected chi connectivity index (χ0v) is 10.0. The van der Waals surface area contributed by atoms with Crippen molar-refractivity contribution in [2.24, 2.45) is 0 Å². The number of aliphatic hydroxyl groups excluding tert-OH is 1. The van der Waals surface area contributed by atoms with Gasteiger partial charge in [-0.15, -0.1) is 0 Å². The standard InChI is InChI=1S/C12H17NO4/c1-3-11(14)6-4-9-8-10(13(15)16)5-7-12(9)17-2/h5,7-8,11,14H,3-4,6H2,1-2H3. The smallest absolute Gasteiger partial charge is 0.269 e. The fraction of sp³-hybridized carbons (Fsp3) is 0.500. The molecule has 1 aromatic rings. The molecule has 1 aromatic carbocycles. The van der Waals surface area contributed by atoms with Gasteiger partial charge in [-0.3, -0.25) is 10.1 Å².